The molecule has 1 aliphatic rings. The molecule has 0 aliphatic heterocycles. The summed E-state index contributed by atoms with van der Waals surface area (Å²) in [5.74, 6) is -0.868. The van der Waals surface area contributed by atoms with Gasteiger partial charge in [-0.15, -0.1) is 0 Å². The van der Waals surface area contributed by atoms with Crippen LogP contribution in [0, 0.1) is 0 Å². The first kappa shape index (κ1) is 19.2. The molecule has 1 aliphatic carbocycles. The number of aliphatic carboxylic acids is 1. The summed E-state index contributed by atoms with van der Waals surface area (Å²) in [6, 6.07) is -0.894. The van der Waals surface area contributed by atoms with Crippen LogP contribution in [0.1, 0.15) is 47.0 Å². The maximum absolute atomic E-state index is 11.5. The van der Waals surface area contributed by atoms with Crippen LogP contribution in [-0.4, -0.2) is 47.1 Å². The van der Waals surface area contributed by atoms with Crippen molar-refractivity contribution >= 4 is 17.7 Å². The molecule has 4 N–H and O–H groups in total. The fourth-order valence-electron chi connectivity index (χ4n) is 2.73. The van der Waals surface area contributed by atoms with E-state index in [1.54, 1.807) is 13.0 Å². The minimum Gasteiger partial charge on any atom is -0.478 e. The smallest absolute Gasteiger partial charge is 0.331 e. The molecule has 0 saturated carbocycles. The lowest BCUT2D eigenvalue weighted by Crippen LogP contribution is -2.53. The Balaban J connectivity index is 3.18. The van der Waals surface area contributed by atoms with Gasteiger partial charge in [0.2, 0.25) is 5.91 Å². The number of hydrogen-bond acceptors (Lipinski definition) is 4. The summed E-state index contributed by atoms with van der Waals surface area (Å²) in [6.45, 7) is 7.07. The first-order chi connectivity index (χ1) is 10.8. The van der Waals surface area contributed by atoms with Gasteiger partial charge >= 0.3 is 5.97 Å². The number of nitrogens with one attached hydrogen (secondary N) is 1. The number of amidine groups is 1. The number of carboxylic acid groups (broad SMARTS) is 1. The molecule has 0 aromatic carbocycles. The molecule has 0 saturated heterocycles. The quantitative estimate of drug-likeness (QED) is 0.481. The Hall–Kier alpha value is -1.89. The third-order valence-corrected chi connectivity index (χ3v) is 3.84. The molecule has 23 heavy (non-hydrogen) atoms. The predicted octanol–water partition coefficient (Wildman–Crippen LogP) is 1.23. The Bertz CT molecular complexity index is 494. The number of ether oxygens (including phenoxy) is 1. The zero-order chi connectivity index (χ0) is 17.6. The van der Waals surface area contributed by atoms with Crippen LogP contribution in [-0.2, 0) is 14.3 Å². The standard InChI is InChI=1S/C16H27N3O4/c1-5-12(6-2)23-14-8-11(16(21)22)7-13(18-9(3)17)15(14)19-10(4)20/h8,12-15H,5-7H2,1-4H3,(H2,17,18)(H,19,20)(H,21,22)/t13-,14+,15+/m0/s1. The molecular weight excluding hydrogens is 298 g/mol. The summed E-state index contributed by atoms with van der Waals surface area (Å²) < 4.78 is 6.03. The van der Waals surface area contributed by atoms with E-state index in [-0.39, 0.29) is 24.0 Å². The fraction of sp³-hybridized carbons (Fsp3) is 0.688. The van der Waals surface area contributed by atoms with Crippen LogP contribution >= 0.6 is 0 Å². The number of nitrogens with two attached hydrogens (primary N) is 1. The number of hydrogen-bond donors (Lipinski definition) is 3. The van der Waals surface area contributed by atoms with E-state index in [0.29, 0.717) is 5.84 Å². The van der Waals surface area contributed by atoms with Crippen molar-refractivity contribution < 1.29 is 19.4 Å². The number of nitrogens with zero attached hydrogens (tertiary/aromatic N) is 1. The molecule has 0 heterocycles. The van der Waals surface area contributed by atoms with Gasteiger partial charge in [-0.05, 0) is 25.8 Å². The number of carbonyl (C=O) groups excluding carboxylic acids is 1. The molecule has 0 fully saturated rings. The lowest BCUT2D eigenvalue weighted by atomic mass is 9.88. The van der Waals surface area contributed by atoms with Crippen LogP contribution in [0.5, 0.6) is 0 Å². The second-order valence-corrected chi connectivity index (χ2v) is 5.80. The maximum Gasteiger partial charge on any atom is 0.331 e. The van der Waals surface area contributed by atoms with Crippen LogP contribution in [0.25, 0.3) is 0 Å². The summed E-state index contributed by atoms with van der Waals surface area (Å²) in [5, 5.41) is 12.2. The van der Waals surface area contributed by atoms with Crippen molar-refractivity contribution in [3.63, 3.8) is 0 Å². The van der Waals surface area contributed by atoms with Gasteiger partial charge < -0.3 is 20.9 Å². The molecule has 0 aromatic rings. The predicted molar refractivity (Wildman–Crippen MR) is 88.3 cm³/mol. The van der Waals surface area contributed by atoms with Gasteiger partial charge in [-0.1, -0.05) is 13.8 Å². The van der Waals surface area contributed by atoms with Gasteiger partial charge in [-0.3, -0.25) is 9.79 Å². The van der Waals surface area contributed by atoms with Crippen molar-refractivity contribution in [1.82, 2.24) is 5.32 Å². The van der Waals surface area contributed by atoms with Gasteiger partial charge in [0, 0.05) is 18.9 Å². The summed E-state index contributed by atoms with van der Waals surface area (Å²) in [7, 11) is 0. The topological polar surface area (TPSA) is 114 Å². The first-order valence-electron chi connectivity index (χ1n) is 7.94. The van der Waals surface area contributed by atoms with E-state index in [4.69, 9.17) is 10.5 Å². The molecule has 0 bridgehead atoms. The average Bonchev–Trinajstić information content (AvgIpc) is 2.46. The molecule has 1 amide bonds. The Morgan fingerprint density at radius 2 is 2.04 bits per heavy atom. The second kappa shape index (κ2) is 8.67. The molecule has 3 atom stereocenters. The zero-order valence-corrected chi connectivity index (χ0v) is 14.2. The summed E-state index contributed by atoms with van der Waals surface area (Å²) in [4.78, 5) is 27.2. The minimum atomic E-state index is -1.00. The van der Waals surface area contributed by atoms with Gasteiger partial charge in [0.05, 0.1) is 30.1 Å². The number of aliphatic imine (C=N–C) groups is 1. The van der Waals surface area contributed by atoms with Gasteiger partial charge in [0.1, 0.15) is 0 Å². The third-order valence-electron chi connectivity index (χ3n) is 3.84. The molecule has 0 spiro atoms. The molecular formula is C16H27N3O4. The van der Waals surface area contributed by atoms with Crippen LogP contribution in [0.3, 0.4) is 0 Å². The number of carbonyl (C=O) groups is 2. The molecule has 130 valence electrons. The fourth-order valence-corrected chi connectivity index (χ4v) is 2.73. The monoisotopic (exact) mass is 325 g/mol. The van der Waals surface area contributed by atoms with Crippen molar-refractivity contribution in [2.24, 2.45) is 10.7 Å². The second-order valence-electron chi connectivity index (χ2n) is 5.80. The minimum absolute atomic E-state index is 0.00995. The highest BCUT2D eigenvalue weighted by Gasteiger charge is 2.37. The van der Waals surface area contributed by atoms with E-state index >= 15 is 0 Å². The molecule has 1 rings (SSSR count). The number of carboxylic acids is 1. The molecule has 0 radical (unpaired) electrons. The number of rotatable bonds is 7. The summed E-state index contributed by atoms with van der Waals surface area (Å²) >= 11 is 0. The van der Waals surface area contributed by atoms with E-state index in [9.17, 15) is 14.7 Å². The van der Waals surface area contributed by atoms with Crippen LogP contribution < -0.4 is 11.1 Å². The van der Waals surface area contributed by atoms with E-state index < -0.39 is 24.2 Å². The summed E-state index contributed by atoms with van der Waals surface area (Å²) in [5.41, 5.74) is 5.90. The van der Waals surface area contributed by atoms with Crippen LogP contribution in [0.2, 0.25) is 0 Å². The largest absolute Gasteiger partial charge is 0.478 e. The Labute approximate surface area is 137 Å². The summed E-state index contributed by atoms with van der Waals surface area (Å²) in [6.07, 6.45) is 2.84. The highest BCUT2D eigenvalue weighted by Crippen LogP contribution is 2.26. The lowest BCUT2D eigenvalue weighted by molar-refractivity contribution is -0.133. The molecule has 7 nitrogen and oxygen atoms in total. The molecule has 0 unspecified atom stereocenters. The van der Waals surface area contributed by atoms with Crippen molar-refractivity contribution in [2.75, 3.05) is 0 Å². The van der Waals surface area contributed by atoms with E-state index in [1.165, 1.54) is 6.92 Å². The normalized spacial score (nSPS) is 25.2. The van der Waals surface area contributed by atoms with Crippen molar-refractivity contribution in [3.8, 4) is 0 Å². The van der Waals surface area contributed by atoms with Gasteiger partial charge in [0.15, 0.2) is 0 Å². The first-order valence-corrected chi connectivity index (χ1v) is 7.94. The third kappa shape index (κ3) is 5.67. The van der Waals surface area contributed by atoms with Crippen LogP contribution in [0.15, 0.2) is 16.6 Å². The van der Waals surface area contributed by atoms with E-state index in [0.717, 1.165) is 12.8 Å². The van der Waals surface area contributed by atoms with E-state index in [2.05, 4.69) is 10.3 Å². The Morgan fingerprint density at radius 1 is 1.43 bits per heavy atom. The van der Waals surface area contributed by atoms with Crippen molar-refractivity contribution in [1.29, 1.82) is 0 Å². The van der Waals surface area contributed by atoms with Gasteiger partial charge in [-0.25, -0.2) is 4.79 Å². The van der Waals surface area contributed by atoms with Crippen LogP contribution in [0.4, 0.5) is 0 Å². The lowest BCUT2D eigenvalue weighted by Gasteiger charge is -2.36. The SMILES string of the molecule is CCC(CC)O[C@@H]1C=C(C(=O)O)C[C@H](N=C(C)N)[C@H]1NC(C)=O. The highest BCUT2D eigenvalue weighted by molar-refractivity contribution is 5.87. The van der Waals surface area contributed by atoms with E-state index in [1.807, 2.05) is 13.8 Å². The molecule has 7 heteroatoms. The molecule has 0 aromatic heterocycles. The highest BCUT2D eigenvalue weighted by atomic mass is 16.5. The number of amides is 1. The van der Waals surface area contributed by atoms with Gasteiger partial charge in [-0.2, -0.15) is 0 Å². The Kier molecular flexibility index (Phi) is 7.22. The van der Waals surface area contributed by atoms with Crippen molar-refractivity contribution in [2.45, 2.75) is 71.2 Å². The Morgan fingerprint density at radius 3 is 2.48 bits per heavy atom. The van der Waals surface area contributed by atoms with Gasteiger partial charge in [0.25, 0.3) is 0 Å². The maximum atomic E-state index is 11.5. The average molecular weight is 325 g/mol. The zero-order valence-electron chi connectivity index (χ0n) is 14.2. The van der Waals surface area contributed by atoms with Crippen molar-refractivity contribution in [3.05, 3.63) is 11.6 Å².